The van der Waals surface area contributed by atoms with Gasteiger partial charge in [-0.15, -0.1) is 0 Å². The lowest BCUT2D eigenvalue weighted by Crippen LogP contribution is -2.30. The highest BCUT2D eigenvalue weighted by Gasteiger charge is 2.42. The minimum Gasteiger partial charge on any atom is -0.481 e. The van der Waals surface area contributed by atoms with Gasteiger partial charge in [-0.3, -0.25) is 4.79 Å². The van der Waals surface area contributed by atoms with E-state index in [1.807, 2.05) is 25.1 Å². The Hall–Kier alpha value is -1.84. The van der Waals surface area contributed by atoms with Gasteiger partial charge in [0.15, 0.2) is 11.5 Å². The van der Waals surface area contributed by atoms with Gasteiger partial charge in [0.25, 0.3) is 0 Å². The molecule has 1 fully saturated rings. The number of aromatic nitrogens is 1. The first kappa shape index (κ1) is 12.2. The zero-order valence-corrected chi connectivity index (χ0v) is 11.0. The van der Waals surface area contributed by atoms with Gasteiger partial charge in [0, 0.05) is 6.42 Å². The van der Waals surface area contributed by atoms with Crippen molar-refractivity contribution < 1.29 is 14.3 Å². The Balaban J connectivity index is 1.96. The minimum atomic E-state index is -0.719. The summed E-state index contributed by atoms with van der Waals surface area (Å²) in [6, 6.07) is 5.81. The van der Waals surface area contributed by atoms with Crippen molar-refractivity contribution in [2.45, 2.75) is 39.0 Å². The number of carboxylic acid groups (broad SMARTS) is 1. The Kier molecular flexibility index (Phi) is 2.81. The number of benzene rings is 1. The Morgan fingerprint density at radius 1 is 1.42 bits per heavy atom. The van der Waals surface area contributed by atoms with E-state index in [9.17, 15) is 9.90 Å². The summed E-state index contributed by atoms with van der Waals surface area (Å²) in [6.45, 7) is 1.97. The molecule has 1 aliphatic rings. The van der Waals surface area contributed by atoms with Gasteiger partial charge in [-0.05, 0) is 31.4 Å². The van der Waals surface area contributed by atoms with E-state index in [0.717, 1.165) is 42.3 Å². The summed E-state index contributed by atoms with van der Waals surface area (Å²) in [6.07, 6.45) is 3.80. The second-order valence-electron chi connectivity index (χ2n) is 5.50. The summed E-state index contributed by atoms with van der Waals surface area (Å²) in [5, 5.41) is 9.49. The van der Waals surface area contributed by atoms with Gasteiger partial charge in [0.2, 0.25) is 0 Å². The van der Waals surface area contributed by atoms with E-state index in [4.69, 9.17) is 4.42 Å². The molecule has 0 atom stereocenters. The van der Waals surface area contributed by atoms with Gasteiger partial charge in [-0.1, -0.05) is 25.0 Å². The molecule has 0 spiro atoms. The normalized spacial score (nSPS) is 17.9. The SMILES string of the molecule is Cc1cccc2nc(CC3(C(=O)O)CCCC3)oc12. The third-order valence-corrected chi connectivity index (χ3v) is 4.16. The summed E-state index contributed by atoms with van der Waals surface area (Å²) in [4.78, 5) is 16.0. The highest BCUT2D eigenvalue weighted by molar-refractivity contribution is 5.77. The largest absolute Gasteiger partial charge is 0.481 e. The van der Waals surface area contributed by atoms with Crippen molar-refractivity contribution >= 4 is 17.1 Å². The Morgan fingerprint density at radius 2 is 2.16 bits per heavy atom. The molecule has 0 aliphatic heterocycles. The molecule has 0 bridgehead atoms. The first-order chi connectivity index (χ1) is 9.11. The number of para-hydroxylation sites is 1. The zero-order valence-electron chi connectivity index (χ0n) is 11.0. The zero-order chi connectivity index (χ0) is 13.5. The van der Waals surface area contributed by atoms with E-state index in [1.54, 1.807) is 0 Å². The lowest BCUT2D eigenvalue weighted by molar-refractivity contribution is -0.148. The second kappa shape index (κ2) is 4.37. The number of carbonyl (C=O) groups is 1. The molecule has 0 saturated heterocycles. The summed E-state index contributed by atoms with van der Waals surface area (Å²) in [5.74, 6) is -0.169. The number of carboxylic acids is 1. The number of oxazole rings is 1. The van der Waals surface area contributed by atoms with Crippen LogP contribution < -0.4 is 0 Å². The molecule has 1 aliphatic carbocycles. The second-order valence-corrected chi connectivity index (χ2v) is 5.50. The lowest BCUT2D eigenvalue weighted by atomic mass is 9.83. The number of hydrogen-bond donors (Lipinski definition) is 1. The van der Waals surface area contributed by atoms with Crippen molar-refractivity contribution in [2.75, 3.05) is 0 Å². The maximum Gasteiger partial charge on any atom is 0.310 e. The fourth-order valence-electron chi connectivity index (χ4n) is 3.02. The molecule has 1 saturated carbocycles. The summed E-state index contributed by atoms with van der Waals surface area (Å²) >= 11 is 0. The van der Waals surface area contributed by atoms with Gasteiger partial charge in [0.05, 0.1) is 5.41 Å². The average molecular weight is 259 g/mol. The molecular weight excluding hydrogens is 242 g/mol. The predicted molar refractivity (Wildman–Crippen MR) is 71.0 cm³/mol. The fraction of sp³-hybridized carbons (Fsp3) is 0.467. The molecule has 4 heteroatoms. The highest BCUT2D eigenvalue weighted by Crippen LogP contribution is 2.41. The molecule has 1 heterocycles. The smallest absolute Gasteiger partial charge is 0.310 e. The van der Waals surface area contributed by atoms with Crippen molar-refractivity contribution in [3.8, 4) is 0 Å². The summed E-state index contributed by atoms with van der Waals surface area (Å²) in [7, 11) is 0. The number of fused-ring (bicyclic) bond motifs is 1. The number of aliphatic carboxylic acids is 1. The van der Waals surface area contributed by atoms with E-state index >= 15 is 0 Å². The van der Waals surface area contributed by atoms with Gasteiger partial charge in [0.1, 0.15) is 5.52 Å². The molecule has 4 nitrogen and oxygen atoms in total. The first-order valence-electron chi connectivity index (χ1n) is 6.69. The van der Waals surface area contributed by atoms with Crippen LogP contribution in [0.2, 0.25) is 0 Å². The maximum atomic E-state index is 11.5. The van der Waals surface area contributed by atoms with Crippen molar-refractivity contribution in [1.29, 1.82) is 0 Å². The maximum absolute atomic E-state index is 11.5. The predicted octanol–water partition coefficient (Wildman–Crippen LogP) is 3.32. The van der Waals surface area contributed by atoms with Crippen LogP contribution in [0.5, 0.6) is 0 Å². The first-order valence-corrected chi connectivity index (χ1v) is 6.69. The minimum absolute atomic E-state index is 0.399. The van der Waals surface area contributed by atoms with Crippen LogP contribution in [0.1, 0.15) is 37.1 Å². The van der Waals surface area contributed by atoms with Crippen LogP contribution in [0, 0.1) is 12.3 Å². The lowest BCUT2D eigenvalue weighted by Gasteiger charge is -2.21. The standard InChI is InChI=1S/C15H17NO3/c1-10-5-4-6-11-13(10)19-12(16-11)9-15(14(17)18)7-2-3-8-15/h4-6H,2-3,7-9H2,1H3,(H,17,18). The monoisotopic (exact) mass is 259 g/mol. The number of rotatable bonds is 3. The van der Waals surface area contributed by atoms with Crippen molar-refractivity contribution in [3.05, 3.63) is 29.7 Å². The molecule has 100 valence electrons. The van der Waals surface area contributed by atoms with Crippen molar-refractivity contribution in [3.63, 3.8) is 0 Å². The Labute approximate surface area is 111 Å². The molecular formula is C15H17NO3. The molecule has 19 heavy (non-hydrogen) atoms. The van der Waals surface area contributed by atoms with E-state index in [0.29, 0.717) is 12.3 Å². The van der Waals surface area contributed by atoms with Gasteiger partial charge in [-0.2, -0.15) is 0 Å². The van der Waals surface area contributed by atoms with Crippen molar-refractivity contribution in [2.24, 2.45) is 5.41 Å². The van der Waals surface area contributed by atoms with E-state index in [1.165, 1.54) is 0 Å². The molecule has 0 radical (unpaired) electrons. The molecule has 3 rings (SSSR count). The molecule has 1 aromatic carbocycles. The quantitative estimate of drug-likeness (QED) is 0.918. The molecule has 0 amide bonds. The van der Waals surface area contributed by atoms with E-state index in [2.05, 4.69) is 4.98 Å². The molecule has 1 N–H and O–H groups in total. The average Bonchev–Trinajstić information content (AvgIpc) is 2.97. The van der Waals surface area contributed by atoms with Gasteiger partial charge >= 0.3 is 5.97 Å². The van der Waals surface area contributed by atoms with Crippen LogP contribution >= 0.6 is 0 Å². The molecule has 0 unspecified atom stereocenters. The van der Waals surface area contributed by atoms with E-state index < -0.39 is 11.4 Å². The molecule has 1 aromatic heterocycles. The number of hydrogen-bond acceptors (Lipinski definition) is 3. The third kappa shape index (κ3) is 2.01. The Morgan fingerprint density at radius 3 is 2.79 bits per heavy atom. The fourth-order valence-corrected chi connectivity index (χ4v) is 3.02. The van der Waals surface area contributed by atoms with Gasteiger partial charge < -0.3 is 9.52 Å². The third-order valence-electron chi connectivity index (χ3n) is 4.16. The van der Waals surface area contributed by atoms with Crippen LogP contribution in [0.15, 0.2) is 22.6 Å². The van der Waals surface area contributed by atoms with Crippen molar-refractivity contribution in [1.82, 2.24) is 4.98 Å². The van der Waals surface area contributed by atoms with Crippen LogP contribution in [0.25, 0.3) is 11.1 Å². The van der Waals surface area contributed by atoms with Crippen LogP contribution in [-0.4, -0.2) is 16.1 Å². The molecule has 2 aromatic rings. The van der Waals surface area contributed by atoms with Crippen LogP contribution in [-0.2, 0) is 11.2 Å². The van der Waals surface area contributed by atoms with Crippen LogP contribution in [0.4, 0.5) is 0 Å². The van der Waals surface area contributed by atoms with Gasteiger partial charge in [-0.25, -0.2) is 4.98 Å². The Bertz CT molecular complexity index is 623. The van der Waals surface area contributed by atoms with E-state index in [-0.39, 0.29) is 0 Å². The number of aryl methyl sites for hydroxylation is 1. The summed E-state index contributed by atoms with van der Waals surface area (Å²) in [5.41, 5.74) is 1.95. The highest BCUT2D eigenvalue weighted by atomic mass is 16.4. The summed E-state index contributed by atoms with van der Waals surface area (Å²) < 4.78 is 5.76. The van der Waals surface area contributed by atoms with Crippen LogP contribution in [0.3, 0.4) is 0 Å². The number of nitrogens with zero attached hydrogens (tertiary/aromatic N) is 1. The topological polar surface area (TPSA) is 63.3 Å².